The molecule has 80 heavy (non-hydrogen) atoms. The van der Waals surface area contributed by atoms with Gasteiger partial charge in [-0.05, 0) is 54.7 Å². The number of aryl methyl sites for hydroxylation is 1. The van der Waals surface area contributed by atoms with E-state index in [1.165, 1.54) is 34.1 Å². The number of carbonyl (C=O) groups excluding carboxylic acids is 5. The van der Waals surface area contributed by atoms with Gasteiger partial charge in [0.25, 0.3) is 0 Å². The number of hydrogen-bond acceptors (Lipinski definition) is 16. The number of benzene rings is 3. The molecule has 5 aromatic rings. The van der Waals surface area contributed by atoms with Gasteiger partial charge in [0.2, 0.25) is 35.5 Å². The molecule has 24 heteroatoms. The summed E-state index contributed by atoms with van der Waals surface area (Å²) in [5.41, 5.74) is 2.89. The van der Waals surface area contributed by atoms with Gasteiger partial charge in [-0.2, -0.15) is 4.98 Å². The lowest BCUT2D eigenvalue weighted by atomic mass is 9.85. The Labute approximate surface area is 472 Å². The van der Waals surface area contributed by atoms with E-state index in [0.717, 1.165) is 27.8 Å². The summed E-state index contributed by atoms with van der Waals surface area (Å²) in [7, 11) is 1.62. The molecule has 0 spiro atoms. The van der Waals surface area contributed by atoms with Crippen LogP contribution in [0.5, 0.6) is 5.75 Å². The van der Waals surface area contributed by atoms with Crippen LogP contribution in [-0.4, -0.2) is 180 Å². The summed E-state index contributed by atoms with van der Waals surface area (Å²) < 4.78 is 48.3. The zero-order valence-corrected chi connectivity index (χ0v) is 47.3. The summed E-state index contributed by atoms with van der Waals surface area (Å²) in [5, 5.41) is 30.0. The van der Waals surface area contributed by atoms with Gasteiger partial charge in [0.05, 0.1) is 71.8 Å². The van der Waals surface area contributed by atoms with Gasteiger partial charge in [0.15, 0.2) is 5.82 Å². The van der Waals surface area contributed by atoms with Crippen molar-refractivity contribution in [1.29, 1.82) is 0 Å². The second-order valence-corrected chi connectivity index (χ2v) is 21.9. The van der Waals surface area contributed by atoms with Crippen LogP contribution in [0.3, 0.4) is 0 Å². The van der Waals surface area contributed by atoms with E-state index in [2.05, 4.69) is 37.5 Å². The number of carbonyl (C=O) groups is 5. The highest BCUT2D eigenvalue weighted by molar-refractivity contribution is 7.13. The SMILES string of the molecule is C=CC(=O)N1CCN(c2nc(NCCC(=O)N(C)CCOCCOCCOCC(=O)N[C@H](C(=O)N3C[C@H](O)C[C@H]3C(=O)N[C@@H](C)c3ccc(-c4scnc4C)cc3)C(C)(C)C)nc3c(F)c(-c4c(O)cccc4F)c(Cl)cc23)CC1. The molecule has 7 rings (SSSR count). The number of rotatable bonds is 24. The molecular weight excluding hydrogens is 1080 g/mol. The number of aromatic hydroxyl groups is 1. The molecule has 2 fully saturated rings. The number of nitrogens with one attached hydrogen (secondary N) is 3. The topological polar surface area (TPSA) is 241 Å². The molecule has 2 aliphatic heterocycles. The van der Waals surface area contributed by atoms with Crippen molar-refractivity contribution in [2.24, 2.45) is 5.41 Å². The molecule has 0 aliphatic carbocycles. The Kier molecular flexibility index (Phi) is 20.9. The minimum Gasteiger partial charge on any atom is -0.507 e. The third-order valence-electron chi connectivity index (χ3n) is 13.8. The number of phenols is 1. The smallest absolute Gasteiger partial charge is 0.246 e. The molecule has 5 amide bonds. The first kappa shape index (κ1) is 60.7. The Morgan fingerprint density at radius 3 is 2.30 bits per heavy atom. The first-order chi connectivity index (χ1) is 38.2. The van der Waals surface area contributed by atoms with Crippen molar-refractivity contribution in [1.82, 2.24) is 40.3 Å². The number of halogens is 3. The second kappa shape index (κ2) is 27.5. The number of β-amino-alcohol motifs (C(OH)–C–C–N with tert-alkyl or cyclic N) is 1. The van der Waals surface area contributed by atoms with Gasteiger partial charge < -0.3 is 60.0 Å². The minimum atomic E-state index is -1.02. The molecule has 2 saturated heterocycles. The van der Waals surface area contributed by atoms with E-state index in [1.807, 2.05) is 43.0 Å². The third kappa shape index (κ3) is 15.1. The van der Waals surface area contributed by atoms with Crippen LogP contribution in [0.4, 0.5) is 20.5 Å². The van der Waals surface area contributed by atoms with Crippen LogP contribution in [0, 0.1) is 24.0 Å². The van der Waals surface area contributed by atoms with E-state index in [1.54, 1.807) is 49.6 Å². The highest BCUT2D eigenvalue weighted by atomic mass is 35.5. The minimum absolute atomic E-state index is 0.00862. The van der Waals surface area contributed by atoms with E-state index in [9.17, 15) is 34.2 Å². The van der Waals surface area contributed by atoms with Crippen LogP contribution >= 0.6 is 22.9 Å². The highest BCUT2D eigenvalue weighted by Crippen LogP contribution is 2.43. The van der Waals surface area contributed by atoms with Gasteiger partial charge in [-0.1, -0.05) is 69.3 Å². The predicted molar refractivity (Wildman–Crippen MR) is 300 cm³/mol. The summed E-state index contributed by atoms with van der Waals surface area (Å²) in [4.78, 5) is 87.0. The van der Waals surface area contributed by atoms with Gasteiger partial charge in [-0.15, -0.1) is 11.3 Å². The number of likely N-dealkylation sites (tertiary alicyclic amines) is 1. The van der Waals surface area contributed by atoms with Crippen LogP contribution in [-0.2, 0) is 38.2 Å². The number of anilines is 2. The summed E-state index contributed by atoms with van der Waals surface area (Å²) in [6.45, 7) is 14.9. The summed E-state index contributed by atoms with van der Waals surface area (Å²) in [6.07, 6.45) is 0.379. The number of amides is 5. The molecule has 2 aromatic heterocycles. The largest absolute Gasteiger partial charge is 0.507 e. The molecule has 430 valence electrons. The molecule has 20 nitrogen and oxygen atoms in total. The van der Waals surface area contributed by atoms with Crippen molar-refractivity contribution in [3.05, 3.63) is 94.6 Å². The van der Waals surface area contributed by atoms with Gasteiger partial charge in [0.1, 0.15) is 41.6 Å². The van der Waals surface area contributed by atoms with Gasteiger partial charge in [-0.25, -0.2) is 18.7 Å². The number of thiazole rings is 1. The number of aliphatic hydroxyl groups is 1. The lowest BCUT2D eigenvalue weighted by Crippen LogP contribution is -2.58. The Morgan fingerprint density at radius 2 is 1.65 bits per heavy atom. The van der Waals surface area contributed by atoms with Crippen molar-refractivity contribution in [3.63, 3.8) is 0 Å². The maximum atomic E-state index is 16.5. The number of hydrogen-bond donors (Lipinski definition) is 5. The number of fused-ring (bicyclic) bond motifs is 1. The quantitative estimate of drug-likeness (QED) is 0.0358. The van der Waals surface area contributed by atoms with E-state index >= 15 is 8.78 Å². The monoisotopic (exact) mass is 1150 g/mol. The maximum absolute atomic E-state index is 16.5. The highest BCUT2D eigenvalue weighted by Gasteiger charge is 2.45. The molecule has 3 aromatic carbocycles. The average molecular weight is 1150 g/mol. The molecule has 4 atom stereocenters. The number of aliphatic hydroxyl groups excluding tert-OH is 1. The maximum Gasteiger partial charge on any atom is 0.246 e. The molecule has 2 aliphatic rings. The van der Waals surface area contributed by atoms with Gasteiger partial charge >= 0.3 is 0 Å². The predicted octanol–water partition coefficient (Wildman–Crippen LogP) is 5.88. The van der Waals surface area contributed by atoms with Crippen LogP contribution < -0.4 is 20.9 Å². The normalized spacial score (nSPS) is 16.4. The van der Waals surface area contributed by atoms with E-state index in [0.29, 0.717) is 32.0 Å². The molecule has 0 saturated carbocycles. The van der Waals surface area contributed by atoms with E-state index < -0.39 is 64.3 Å². The zero-order chi connectivity index (χ0) is 57.8. The fraction of sp³-hybridized carbons (Fsp3) is 0.464. The Hall–Kier alpha value is -6.89. The van der Waals surface area contributed by atoms with Crippen molar-refractivity contribution >= 4 is 75.1 Å². The second-order valence-electron chi connectivity index (χ2n) is 20.6. The number of nitrogens with zero attached hydrogens (tertiary/aromatic N) is 7. The lowest BCUT2D eigenvalue weighted by molar-refractivity contribution is -0.144. The average Bonchev–Trinajstić information content (AvgIpc) is 4.08. The fourth-order valence-corrected chi connectivity index (χ4v) is 10.5. The van der Waals surface area contributed by atoms with Crippen LogP contribution in [0.25, 0.3) is 32.5 Å². The standard InChI is InChI=1S/C56H69ClF2N10O10S/c1-8-44(73)67-18-20-68(21-19-67)52-38-29-39(57)46(47-40(58)10-9-11-42(47)71)48(59)49(38)64-55(65-52)60-17-16-45(74)66(7)22-23-77-24-25-78-26-27-79-31-43(72)63-51(56(4,5)6)54(76)69-30-37(70)28-41(69)53(75)62-33(2)35-12-14-36(15-13-35)50-34(3)61-32-80-50/h8-15,29,32-33,37,41,51,70-71H,1,16-28,30-31H2,2-7H3,(H,62,75)(H,63,72)(H,60,64,65)/t33-,37+,41-,51+/m0/s1. The van der Waals surface area contributed by atoms with Gasteiger partial charge in [-0.3, -0.25) is 24.0 Å². The number of phenolic OH excluding ortho intramolecular Hbond substituents is 1. The molecular formula is C56H69ClF2N10O10S. The van der Waals surface area contributed by atoms with Gasteiger partial charge in [0, 0.05) is 76.7 Å². The summed E-state index contributed by atoms with van der Waals surface area (Å²) in [5.74, 6) is -3.98. The van der Waals surface area contributed by atoms with E-state index in [4.69, 9.17) is 25.8 Å². The number of ether oxygens (including phenoxy) is 3. The molecule has 0 unspecified atom stereocenters. The van der Waals surface area contributed by atoms with Crippen molar-refractivity contribution in [2.75, 3.05) is 103 Å². The first-order valence-electron chi connectivity index (χ1n) is 26.3. The summed E-state index contributed by atoms with van der Waals surface area (Å²) in [6, 6.07) is 10.5. The van der Waals surface area contributed by atoms with E-state index in [-0.39, 0.29) is 117 Å². The van der Waals surface area contributed by atoms with Crippen LogP contribution in [0.2, 0.25) is 5.02 Å². The Bertz CT molecular complexity index is 3010. The van der Waals surface area contributed by atoms with Crippen LogP contribution in [0.15, 0.2) is 66.7 Å². The molecule has 0 radical (unpaired) electrons. The van der Waals surface area contributed by atoms with Crippen molar-refractivity contribution in [2.45, 2.75) is 71.7 Å². The lowest BCUT2D eigenvalue weighted by Gasteiger charge is -2.35. The van der Waals surface area contributed by atoms with Crippen LogP contribution in [0.1, 0.15) is 57.8 Å². The number of piperazine rings is 1. The third-order valence-corrected chi connectivity index (χ3v) is 15.1. The molecule has 5 N–H and O–H groups in total. The first-order valence-corrected chi connectivity index (χ1v) is 27.6. The zero-order valence-electron chi connectivity index (χ0n) is 45.7. The number of likely N-dealkylation sites (N-methyl/N-ethyl adjacent to an activating group) is 1. The van der Waals surface area contributed by atoms with Crippen molar-refractivity contribution < 1.29 is 57.2 Å². The summed E-state index contributed by atoms with van der Waals surface area (Å²) >= 11 is 8.13. The fourth-order valence-electron chi connectivity index (χ4n) is 9.38. The Balaban J connectivity index is 0.812. The van der Waals surface area contributed by atoms with Crippen molar-refractivity contribution in [3.8, 4) is 27.3 Å². The number of aromatic nitrogens is 3. The molecule has 4 heterocycles. The Morgan fingerprint density at radius 1 is 0.963 bits per heavy atom. The molecule has 0 bridgehead atoms.